The lowest BCUT2D eigenvalue weighted by Crippen LogP contribution is -2.27. The van der Waals surface area contributed by atoms with Crippen LogP contribution in [0.1, 0.15) is 31.5 Å². The molecule has 1 heterocycles. The molecule has 0 unspecified atom stereocenters. The van der Waals surface area contributed by atoms with Crippen LogP contribution in [0.2, 0.25) is 0 Å². The molecular weight excluding hydrogens is 415 g/mol. The third-order valence-electron chi connectivity index (χ3n) is 4.50. The Labute approximate surface area is 149 Å². The van der Waals surface area contributed by atoms with Gasteiger partial charge in [-0.3, -0.25) is 0 Å². The second-order valence-electron chi connectivity index (χ2n) is 5.78. The van der Waals surface area contributed by atoms with Gasteiger partial charge in [0.25, 0.3) is 0 Å². The largest absolute Gasteiger partial charge is 0.327 e. The van der Waals surface area contributed by atoms with Crippen molar-refractivity contribution in [3.05, 3.63) is 27.6 Å². The molecule has 2 aromatic rings. The monoisotopic (exact) mass is 434 g/mol. The van der Waals surface area contributed by atoms with E-state index in [2.05, 4.69) is 51.6 Å². The van der Waals surface area contributed by atoms with Crippen LogP contribution in [-0.4, -0.2) is 26.4 Å². The minimum Gasteiger partial charge on any atom is -0.327 e. The maximum absolute atomic E-state index is 5.99. The Hall–Kier alpha value is 0.0600. The summed E-state index contributed by atoms with van der Waals surface area (Å²) in [5.74, 6) is 1.77. The fourth-order valence-electron chi connectivity index (χ4n) is 3.34. The number of benzene rings is 1. The summed E-state index contributed by atoms with van der Waals surface area (Å²) in [5.41, 5.74) is 2.37. The molecule has 1 fully saturated rings. The van der Waals surface area contributed by atoms with E-state index in [0.717, 1.165) is 24.3 Å². The normalized spacial score (nSPS) is 17.7. The number of fused-ring (bicyclic) bond motifs is 1. The molecule has 1 aromatic heterocycles. The first-order chi connectivity index (χ1) is 10.2. The van der Waals surface area contributed by atoms with Crippen LogP contribution >= 0.6 is 46.0 Å². The highest BCUT2D eigenvalue weighted by molar-refractivity contribution is 14.1. The van der Waals surface area contributed by atoms with Crippen LogP contribution in [0.25, 0.3) is 11.0 Å². The van der Waals surface area contributed by atoms with Gasteiger partial charge in [-0.25, -0.2) is 4.98 Å². The molecule has 0 N–H and O–H groups in total. The topological polar surface area (TPSA) is 17.8 Å². The van der Waals surface area contributed by atoms with E-state index in [4.69, 9.17) is 16.6 Å². The van der Waals surface area contributed by atoms with E-state index < -0.39 is 0 Å². The Morgan fingerprint density at radius 3 is 2.81 bits per heavy atom. The summed E-state index contributed by atoms with van der Waals surface area (Å²) in [4.78, 5) is 4.84. The van der Waals surface area contributed by atoms with Gasteiger partial charge in [-0.2, -0.15) is 11.8 Å². The minimum atomic E-state index is 0.387. The van der Waals surface area contributed by atoms with E-state index >= 15 is 0 Å². The van der Waals surface area contributed by atoms with E-state index in [-0.39, 0.29) is 0 Å². The van der Waals surface area contributed by atoms with Crippen molar-refractivity contribution in [1.29, 1.82) is 0 Å². The zero-order chi connectivity index (χ0) is 14.9. The van der Waals surface area contributed by atoms with Gasteiger partial charge in [-0.1, -0.05) is 12.8 Å². The molecule has 0 atom stereocenters. The van der Waals surface area contributed by atoms with Crippen LogP contribution in [0.3, 0.4) is 0 Å². The number of aryl methyl sites for hydroxylation is 1. The number of hydrogen-bond acceptors (Lipinski definition) is 2. The van der Waals surface area contributed by atoms with E-state index in [1.165, 1.54) is 34.8 Å². The molecule has 114 valence electrons. The molecule has 1 aliphatic carbocycles. The van der Waals surface area contributed by atoms with Crippen molar-refractivity contribution in [3.8, 4) is 0 Å². The third kappa shape index (κ3) is 3.22. The van der Waals surface area contributed by atoms with Crippen molar-refractivity contribution in [2.45, 2.75) is 43.4 Å². The van der Waals surface area contributed by atoms with Crippen molar-refractivity contribution < 1.29 is 0 Å². The molecule has 0 amide bonds. The number of aromatic nitrogens is 2. The molecule has 1 aliphatic rings. The smallest absolute Gasteiger partial charge is 0.111 e. The molecule has 0 bridgehead atoms. The van der Waals surface area contributed by atoms with Crippen molar-refractivity contribution in [2.75, 3.05) is 12.1 Å². The molecule has 0 radical (unpaired) electrons. The van der Waals surface area contributed by atoms with E-state index in [1.54, 1.807) is 0 Å². The lowest BCUT2D eigenvalue weighted by Gasteiger charge is -2.28. The van der Waals surface area contributed by atoms with Crippen LogP contribution in [0.15, 0.2) is 18.2 Å². The second-order valence-corrected chi connectivity index (χ2v) is 8.68. The van der Waals surface area contributed by atoms with E-state index in [9.17, 15) is 0 Å². The average Bonchev–Trinajstić information content (AvgIpc) is 3.06. The molecule has 2 nitrogen and oxygen atoms in total. The Bertz CT molecular complexity index is 634. The fourth-order valence-corrected chi connectivity index (χ4v) is 4.94. The Morgan fingerprint density at radius 1 is 1.38 bits per heavy atom. The molecule has 5 heteroatoms. The molecule has 21 heavy (non-hydrogen) atoms. The first-order valence-corrected chi connectivity index (χ1v) is 10.3. The van der Waals surface area contributed by atoms with Crippen LogP contribution < -0.4 is 0 Å². The van der Waals surface area contributed by atoms with E-state index in [1.807, 2.05) is 11.8 Å². The maximum atomic E-state index is 5.99. The molecular formula is C16H20ClIN2S. The predicted molar refractivity (Wildman–Crippen MR) is 102 cm³/mol. The van der Waals surface area contributed by atoms with Gasteiger partial charge in [0.05, 0.1) is 11.0 Å². The van der Waals surface area contributed by atoms with Crippen LogP contribution in [0.5, 0.6) is 0 Å². The van der Waals surface area contributed by atoms with Crippen molar-refractivity contribution in [2.24, 2.45) is 0 Å². The predicted octanol–water partition coefficient (Wildman–Crippen LogP) is 5.10. The molecule has 1 saturated carbocycles. The minimum absolute atomic E-state index is 0.387. The van der Waals surface area contributed by atoms with Gasteiger partial charge in [-0.15, -0.1) is 11.6 Å². The summed E-state index contributed by atoms with van der Waals surface area (Å²) >= 11 is 10.4. The highest BCUT2D eigenvalue weighted by Gasteiger charge is 2.34. The van der Waals surface area contributed by atoms with Gasteiger partial charge in [0.2, 0.25) is 0 Å². The second kappa shape index (κ2) is 6.67. The van der Waals surface area contributed by atoms with Crippen LogP contribution in [0.4, 0.5) is 0 Å². The maximum Gasteiger partial charge on any atom is 0.111 e. The quantitative estimate of drug-likeness (QED) is 0.481. The first kappa shape index (κ1) is 15.9. The SMILES string of the molecule is CSC1(Cn2c(CCCl)nc3cc(I)ccc32)CCCC1. The number of alkyl halides is 1. The number of hydrogen-bond donors (Lipinski definition) is 0. The fraction of sp³-hybridized carbons (Fsp3) is 0.562. The summed E-state index contributed by atoms with van der Waals surface area (Å²) in [6.45, 7) is 1.07. The standard InChI is InChI=1S/C16H20ClIN2S/c1-21-16(7-2-3-8-16)11-20-14-5-4-12(18)10-13(14)19-15(20)6-9-17/h4-5,10H,2-3,6-9,11H2,1H3. The van der Waals surface area contributed by atoms with Gasteiger partial charge in [0, 0.05) is 27.2 Å². The Kier molecular flexibility index (Phi) is 5.06. The van der Waals surface area contributed by atoms with Crippen LogP contribution in [-0.2, 0) is 13.0 Å². The molecule has 0 saturated heterocycles. The zero-order valence-corrected chi connectivity index (χ0v) is 16.0. The summed E-state index contributed by atoms with van der Waals surface area (Å²) in [7, 11) is 0. The van der Waals surface area contributed by atoms with Gasteiger partial charge >= 0.3 is 0 Å². The number of nitrogens with zero attached hydrogens (tertiary/aromatic N) is 2. The molecule has 0 aliphatic heterocycles. The number of rotatable bonds is 5. The molecule has 0 spiro atoms. The Balaban J connectivity index is 2.04. The summed E-state index contributed by atoms with van der Waals surface area (Å²) in [6.07, 6.45) is 8.45. The first-order valence-electron chi connectivity index (χ1n) is 7.43. The lowest BCUT2D eigenvalue weighted by molar-refractivity contribution is 0.502. The van der Waals surface area contributed by atoms with Crippen molar-refractivity contribution in [1.82, 2.24) is 9.55 Å². The van der Waals surface area contributed by atoms with Crippen LogP contribution in [0, 0.1) is 3.57 Å². The average molecular weight is 435 g/mol. The van der Waals surface area contributed by atoms with E-state index in [0.29, 0.717) is 10.6 Å². The summed E-state index contributed by atoms with van der Waals surface area (Å²) in [6, 6.07) is 6.56. The van der Waals surface area contributed by atoms with Gasteiger partial charge in [0.1, 0.15) is 5.82 Å². The third-order valence-corrected chi connectivity index (χ3v) is 6.76. The highest BCUT2D eigenvalue weighted by Crippen LogP contribution is 2.42. The molecule has 1 aromatic carbocycles. The van der Waals surface area contributed by atoms with Gasteiger partial charge in [-0.05, 0) is 59.9 Å². The highest BCUT2D eigenvalue weighted by atomic mass is 127. The van der Waals surface area contributed by atoms with Gasteiger partial charge < -0.3 is 4.57 Å². The molecule has 3 rings (SSSR count). The Morgan fingerprint density at radius 2 is 2.14 bits per heavy atom. The van der Waals surface area contributed by atoms with Crippen molar-refractivity contribution >= 4 is 57.0 Å². The number of imidazole rings is 1. The zero-order valence-electron chi connectivity index (χ0n) is 12.2. The number of halogens is 2. The van der Waals surface area contributed by atoms with Gasteiger partial charge in [0.15, 0.2) is 0 Å². The van der Waals surface area contributed by atoms with Crippen molar-refractivity contribution in [3.63, 3.8) is 0 Å². The number of thioether (sulfide) groups is 1. The summed E-state index contributed by atoms with van der Waals surface area (Å²) < 4.78 is 4.05. The lowest BCUT2D eigenvalue weighted by atomic mass is 10.1. The summed E-state index contributed by atoms with van der Waals surface area (Å²) in [5, 5.41) is 0.